The maximum Gasteiger partial charge on any atom is 0.255 e. The third-order valence-corrected chi connectivity index (χ3v) is 9.79. The second kappa shape index (κ2) is 16.1. The van der Waals surface area contributed by atoms with Crippen LogP contribution in [0, 0.1) is 0 Å². The van der Waals surface area contributed by atoms with E-state index in [1.165, 1.54) is 40.8 Å². The molecule has 0 aliphatic carbocycles. The van der Waals surface area contributed by atoms with Crippen LogP contribution in [0.25, 0.3) is 33.6 Å². The van der Waals surface area contributed by atoms with Gasteiger partial charge in [0.25, 0.3) is 5.91 Å². The van der Waals surface area contributed by atoms with Crippen molar-refractivity contribution in [3.8, 4) is 39.4 Å². The average Bonchev–Trinajstić information content (AvgIpc) is 3.15. The molecule has 1 aromatic heterocycles. The van der Waals surface area contributed by atoms with E-state index in [0.717, 1.165) is 45.4 Å². The highest BCUT2D eigenvalue weighted by Crippen LogP contribution is 2.31. The van der Waals surface area contributed by atoms with E-state index >= 15 is 0 Å². The van der Waals surface area contributed by atoms with Gasteiger partial charge in [-0.2, -0.15) is 4.57 Å². The van der Waals surface area contributed by atoms with Crippen LogP contribution in [0.3, 0.4) is 0 Å². The van der Waals surface area contributed by atoms with E-state index in [2.05, 4.69) is 123 Å². The highest BCUT2D eigenvalue weighted by atomic mass is 35.5. The first kappa shape index (κ1) is 34.2. The van der Waals surface area contributed by atoms with Crippen molar-refractivity contribution < 1.29 is 14.1 Å². The third kappa shape index (κ3) is 8.14. The van der Waals surface area contributed by atoms with Gasteiger partial charge < -0.3 is 26.0 Å². The zero-order valence-corrected chi connectivity index (χ0v) is 29.0. The van der Waals surface area contributed by atoms with Crippen molar-refractivity contribution in [3.63, 3.8) is 0 Å². The number of carbonyl (C=O) groups is 1. The summed E-state index contributed by atoms with van der Waals surface area (Å²) in [5.74, 6) is 0.201. The van der Waals surface area contributed by atoms with Gasteiger partial charge in [-0.25, -0.2) is 0 Å². The molecular weight excluding hydrogens is 630 g/mol. The van der Waals surface area contributed by atoms with E-state index in [-0.39, 0.29) is 18.0 Å². The number of nitrogen functional groups attached to an aromatic ring is 1. The van der Waals surface area contributed by atoms with Crippen LogP contribution < -0.4 is 25.7 Å². The Morgan fingerprint density at radius 2 is 1.43 bits per heavy atom. The zero-order valence-electron chi connectivity index (χ0n) is 28.2. The van der Waals surface area contributed by atoms with Crippen LogP contribution in [0.15, 0.2) is 115 Å². The number of pyridine rings is 1. The molecule has 6 rings (SSSR count). The fourth-order valence-electron chi connectivity index (χ4n) is 6.81. The van der Waals surface area contributed by atoms with Crippen molar-refractivity contribution in [2.75, 3.05) is 39.5 Å². The molecule has 4 N–H and O–H groups in total. The van der Waals surface area contributed by atoms with E-state index in [1.54, 1.807) is 12.1 Å². The molecule has 4 aromatic carbocycles. The molecule has 1 saturated heterocycles. The minimum atomic E-state index is -0.212. The Bertz CT molecular complexity index is 1790. The minimum Gasteiger partial charge on any atom is -0.496 e. The molecule has 8 heteroatoms. The SMILES string of the molecule is CNC1CN(CCCC[n+]2c(-c3ccccc3)cc(-c3ccccc3)cc2-c2ccccc2)CCC1NC(=O)c1cc(Cl)c(N)cc1OC. The van der Waals surface area contributed by atoms with Crippen LogP contribution in [0.4, 0.5) is 5.69 Å². The molecule has 0 radical (unpaired) electrons. The van der Waals surface area contributed by atoms with Crippen molar-refractivity contribution in [1.82, 2.24) is 15.5 Å². The van der Waals surface area contributed by atoms with Crippen LogP contribution in [-0.2, 0) is 6.54 Å². The van der Waals surface area contributed by atoms with Gasteiger partial charge in [0, 0.05) is 60.9 Å². The second-order valence-corrected chi connectivity index (χ2v) is 13.0. The predicted molar refractivity (Wildman–Crippen MR) is 200 cm³/mol. The number of benzene rings is 4. The number of methoxy groups -OCH3 is 1. The molecule has 49 heavy (non-hydrogen) atoms. The van der Waals surface area contributed by atoms with Gasteiger partial charge in [0.2, 0.25) is 11.4 Å². The van der Waals surface area contributed by atoms with E-state index in [1.807, 2.05) is 7.05 Å². The lowest BCUT2D eigenvalue weighted by atomic mass is 9.98. The van der Waals surface area contributed by atoms with E-state index < -0.39 is 0 Å². The number of carbonyl (C=O) groups excluding carboxylic acids is 1. The summed E-state index contributed by atoms with van der Waals surface area (Å²) < 4.78 is 7.91. The molecule has 0 saturated carbocycles. The average molecular weight is 675 g/mol. The lowest BCUT2D eigenvalue weighted by Gasteiger charge is -2.39. The maximum absolute atomic E-state index is 13.3. The monoisotopic (exact) mass is 674 g/mol. The number of unbranched alkanes of at least 4 members (excludes halogenated alkanes) is 1. The molecular formula is C41H45ClN5O2+. The lowest BCUT2D eigenvalue weighted by molar-refractivity contribution is -0.675. The molecule has 7 nitrogen and oxygen atoms in total. The summed E-state index contributed by atoms with van der Waals surface area (Å²) in [4.78, 5) is 15.8. The smallest absolute Gasteiger partial charge is 0.255 e. The standard InChI is InChI=1S/C41H44ClN5O2/c1-44-37-28-46(23-20-36(37)45-41(48)33-26-34(42)35(43)27-40(33)49-2)21-12-13-22-47-38(30-16-8-4-9-17-30)24-32(29-14-6-3-7-15-29)25-39(47)31-18-10-5-11-19-31/h3-11,14-19,24-27,36-37,44H,12-13,20-23,28H2,1-2H3,(H2-,43,45,48)/p+1. The normalized spacial score (nSPS) is 16.3. The minimum absolute atomic E-state index is 0.0182. The van der Waals surface area contributed by atoms with Gasteiger partial charge in [0.1, 0.15) is 12.3 Å². The van der Waals surface area contributed by atoms with E-state index in [9.17, 15) is 4.79 Å². The first-order valence-electron chi connectivity index (χ1n) is 17.0. The summed E-state index contributed by atoms with van der Waals surface area (Å²) in [6, 6.07) is 40.0. The number of amides is 1. The fraction of sp³-hybridized carbons (Fsp3) is 0.268. The zero-order chi connectivity index (χ0) is 34.2. The highest BCUT2D eigenvalue weighted by Gasteiger charge is 2.30. The van der Waals surface area contributed by atoms with Crippen molar-refractivity contribution in [3.05, 3.63) is 126 Å². The number of halogens is 1. The van der Waals surface area contributed by atoms with Crippen molar-refractivity contribution in [2.24, 2.45) is 0 Å². The number of rotatable bonds is 12. The molecule has 2 atom stereocenters. The van der Waals surface area contributed by atoms with Crippen LogP contribution >= 0.6 is 11.6 Å². The number of nitrogens with one attached hydrogen (secondary N) is 2. The molecule has 0 spiro atoms. The molecule has 252 valence electrons. The number of aromatic nitrogens is 1. The molecule has 2 heterocycles. The van der Waals surface area contributed by atoms with Gasteiger partial charge >= 0.3 is 0 Å². The van der Waals surface area contributed by atoms with Crippen LogP contribution in [-0.4, -0.2) is 56.7 Å². The summed E-state index contributed by atoms with van der Waals surface area (Å²) in [6.45, 7) is 3.65. The number of hydrogen-bond acceptors (Lipinski definition) is 5. The topological polar surface area (TPSA) is 83.5 Å². The Morgan fingerprint density at radius 1 is 0.837 bits per heavy atom. The number of piperidine rings is 1. The number of nitrogens with two attached hydrogens (primary N) is 1. The molecule has 1 amide bonds. The summed E-state index contributed by atoms with van der Waals surface area (Å²) in [5.41, 5.74) is 14.0. The lowest BCUT2D eigenvalue weighted by Crippen LogP contribution is -2.58. The number of anilines is 1. The first-order valence-corrected chi connectivity index (χ1v) is 17.4. The summed E-state index contributed by atoms with van der Waals surface area (Å²) in [5, 5.41) is 6.99. The van der Waals surface area contributed by atoms with Crippen molar-refractivity contribution in [2.45, 2.75) is 37.9 Å². The van der Waals surface area contributed by atoms with Crippen LogP contribution in [0.5, 0.6) is 5.75 Å². The third-order valence-electron chi connectivity index (χ3n) is 9.47. The highest BCUT2D eigenvalue weighted by molar-refractivity contribution is 6.33. The number of likely N-dealkylation sites (tertiary alicyclic amines) is 1. The number of nitrogens with zero attached hydrogens (tertiary/aromatic N) is 2. The van der Waals surface area contributed by atoms with Crippen molar-refractivity contribution >= 4 is 23.2 Å². The summed E-state index contributed by atoms with van der Waals surface area (Å²) >= 11 is 6.23. The maximum atomic E-state index is 13.3. The molecule has 5 aromatic rings. The van der Waals surface area contributed by atoms with E-state index in [4.69, 9.17) is 22.1 Å². The van der Waals surface area contributed by atoms with Gasteiger partial charge in [-0.05, 0) is 67.9 Å². The van der Waals surface area contributed by atoms with Crippen LogP contribution in [0.1, 0.15) is 29.6 Å². The number of hydrogen-bond donors (Lipinski definition) is 3. The van der Waals surface area contributed by atoms with Gasteiger partial charge in [-0.15, -0.1) is 0 Å². The Hall–Kier alpha value is -4.69. The van der Waals surface area contributed by atoms with E-state index in [0.29, 0.717) is 22.0 Å². The van der Waals surface area contributed by atoms with Gasteiger partial charge in [0.15, 0.2) is 0 Å². The summed E-state index contributed by atoms with van der Waals surface area (Å²) in [6.07, 6.45) is 2.94. The molecule has 1 fully saturated rings. The van der Waals surface area contributed by atoms with Crippen molar-refractivity contribution in [1.29, 1.82) is 0 Å². The largest absolute Gasteiger partial charge is 0.496 e. The number of likely N-dealkylation sites (N-methyl/N-ethyl adjacent to an activating group) is 1. The van der Waals surface area contributed by atoms with Gasteiger partial charge in [-0.1, -0.05) is 78.3 Å². The molecule has 0 bridgehead atoms. The molecule has 1 aliphatic rings. The van der Waals surface area contributed by atoms with Gasteiger partial charge in [-0.3, -0.25) is 4.79 Å². The fourth-order valence-corrected chi connectivity index (χ4v) is 6.97. The Kier molecular flexibility index (Phi) is 11.3. The van der Waals surface area contributed by atoms with Gasteiger partial charge in [0.05, 0.1) is 23.4 Å². The first-order chi connectivity index (χ1) is 23.9. The Labute approximate surface area is 294 Å². The summed E-state index contributed by atoms with van der Waals surface area (Å²) in [7, 11) is 3.48. The Morgan fingerprint density at radius 3 is 2.00 bits per heavy atom. The number of ether oxygens (including phenoxy) is 1. The molecule has 2 unspecified atom stereocenters. The quantitative estimate of drug-likeness (QED) is 0.0748. The second-order valence-electron chi connectivity index (χ2n) is 12.6. The Balaban J connectivity index is 1.15. The molecule has 1 aliphatic heterocycles. The van der Waals surface area contributed by atoms with Crippen LogP contribution in [0.2, 0.25) is 5.02 Å². The predicted octanol–water partition coefficient (Wildman–Crippen LogP) is 7.09.